The van der Waals surface area contributed by atoms with Crippen molar-refractivity contribution in [3.8, 4) is 17.2 Å². The van der Waals surface area contributed by atoms with Gasteiger partial charge in [-0.25, -0.2) is 13.2 Å². The fourth-order valence-electron chi connectivity index (χ4n) is 2.84. The number of nitrogens with two attached hydrogens (primary N) is 1. The topological polar surface area (TPSA) is 86.3 Å². The van der Waals surface area contributed by atoms with Crippen molar-refractivity contribution in [1.29, 1.82) is 0 Å². The van der Waals surface area contributed by atoms with E-state index < -0.39 is 33.9 Å². The Morgan fingerprint density at radius 1 is 1.10 bits per heavy atom. The van der Waals surface area contributed by atoms with Gasteiger partial charge in [-0.1, -0.05) is 17.7 Å². The molecule has 31 heavy (non-hydrogen) atoms. The van der Waals surface area contributed by atoms with Gasteiger partial charge < -0.3 is 15.8 Å². The molecule has 162 valence electrons. The van der Waals surface area contributed by atoms with E-state index in [9.17, 15) is 22.8 Å². The predicted molar refractivity (Wildman–Crippen MR) is 109 cm³/mol. The third-order valence-corrected chi connectivity index (χ3v) is 4.69. The second kappa shape index (κ2) is 9.23. The number of amides is 1. The summed E-state index contributed by atoms with van der Waals surface area (Å²) in [6.07, 6.45) is 0. The minimum Gasteiger partial charge on any atom is -0.452 e. The molecule has 0 aliphatic rings. The smallest absolute Gasteiger partial charge is 0.278 e. The number of ether oxygens (including phenoxy) is 1. The first-order valence-corrected chi connectivity index (χ1v) is 9.39. The van der Waals surface area contributed by atoms with E-state index in [4.69, 9.17) is 22.1 Å². The van der Waals surface area contributed by atoms with Crippen LogP contribution < -0.4 is 21.3 Å². The summed E-state index contributed by atoms with van der Waals surface area (Å²) in [6.45, 7) is 1.39. The van der Waals surface area contributed by atoms with E-state index in [0.717, 1.165) is 22.8 Å². The van der Waals surface area contributed by atoms with Gasteiger partial charge in [0.1, 0.15) is 16.7 Å². The van der Waals surface area contributed by atoms with Gasteiger partial charge in [0.2, 0.25) is 5.91 Å². The third-order valence-electron chi connectivity index (χ3n) is 4.34. The monoisotopic (exact) mass is 451 g/mol. The fraction of sp³-hybridized carbons (Fsp3) is 0.143. The number of carbonyl (C=O) groups is 1. The van der Waals surface area contributed by atoms with Crippen LogP contribution in [0.5, 0.6) is 11.5 Å². The molecule has 1 amide bonds. The quantitative estimate of drug-likeness (QED) is 0.599. The standard InChI is InChI=1S/C21H17ClF3N3O3/c1-11-6-18(31-17-5-3-13(23)8-15(17)25)20(22)21(30)28(11)16-7-12(2-4-14(16)24)10-27-19(29)9-26/h2-8H,9-10,26H2,1H3,(H,27,29). The highest BCUT2D eigenvalue weighted by Gasteiger charge is 2.18. The molecule has 0 aliphatic heterocycles. The summed E-state index contributed by atoms with van der Waals surface area (Å²) < 4.78 is 47.9. The Hall–Kier alpha value is -3.30. The summed E-state index contributed by atoms with van der Waals surface area (Å²) >= 11 is 6.12. The lowest BCUT2D eigenvalue weighted by Gasteiger charge is -2.16. The summed E-state index contributed by atoms with van der Waals surface area (Å²) in [5.74, 6) is -3.36. The van der Waals surface area contributed by atoms with Crippen LogP contribution in [0, 0.1) is 24.4 Å². The van der Waals surface area contributed by atoms with Crippen LogP contribution >= 0.6 is 11.6 Å². The number of benzene rings is 2. The van der Waals surface area contributed by atoms with Crippen LogP contribution in [-0.4, -0.2) is 17.0 Å². The summed E-state index contributed by atoms with van der Waals surface area (Å²) in [6, 6.07) is 7.99. The third kappa shape index (κ3) is 4.89. The van der Waals surface area contributed by atoms with Gasteiger partial charge >= 0.3 is 0 Å². The molecule has 0 fully saturated rings. The lowest BCUT2D eigenvalue weighted by molar-refractivity contribution is -0.119. The SMILES string of the molecule is Cc1cc(Oc2ccc(F)cc2F)c(Cl)c(=O)n1-c1cc(CNC(=O)CN)ccc1F. The summed E-state index contributed by atoms with van der Waals surface area (Å²) in [4.78, 5) is 24.2. The largest absolute Gasteiger partial charge is 0.452 e. The molecule has 0 spiro atoms. The molecule has 10 heteroatoms. The molecule has 3 rings (SSSR count). The van der Waals surface area contributed by atoms with Gasteiger partial charge in [-0.3, -0.25) is 14.2 Å². The van der Waals surface area contributed by atoms with Crippen molar-refractivity contribution in [1.82, 2.24) is 9.88 Å². The van der Waals surface area contributed by atoms with E-state index >= 15 is 0 Å². The molecule has 2 aromatic carbocycles. The Balaban J connectivity index is 2.01. The highest BCUT2D eigenvalue weighted by Crippen LogP contribution is 2.31. The number of carbonyl (C=O) groups excluding carboxylic acids is 1. The van der Waals surface area contributed by atoms with Crippen LogP contribution in [0.4, 0.5) is 13.2 Å². The number of hydrogen-bond acceptors (Lipinski definition) is 4. The van der Waals surface area contributed by atoms with Crippen molar-refractivity contribution in [2.45, 2.75) is 13.5 Å². The van der Waals surface area contributed by atoms with Crippen LogP contribution in [0.25, 0.3) is 5.69 Å². The van der Waals surface area contributed by atoms with E-state index in [1.165, 1.54) is 25.1 Å². The first-order chi connectivity index (χ1) is 14.7. The van der Waals surface area contributed by atoms with Crippen molar-refractivity contribution < 1.29 is 22.7 Å². The van der Waals surface area contributed by atoms with Crippen LogP contribution in [0.3, 0.4) is 0 Å². The first kappa shape index (κ1) is 22.4. The highest BCUT2D eigenvalue weighted by atomic mass is 35.5. The molecule has 0 bridgehead atoms. The minimum atomic E-state index is -0.976. The van der Waals surface area contributed by atoms with Crippen molar-refractivity contribution in [3.63, 3.8) is 0 Å². The predicted octanol–water partition coefficient (Wildman–Crippen LogP) is 3.58. The number of rotatable bonds is 6. The average Bonchev–Trinajstić information content (AvgIpc) is 2.73. The van der Waals surface area contributed by atoms with Crippen molar-refractivity contribution in [2.24, 2.45) is 5.73 Å². The number of nitrogens with zero attached hydrogens (tertiary/aromatic N) is 1. The molecular weight excluding hydrogens is 435 g/mol. The van der Waals surface area contributed by atoms with E-state index in [1.807, 2.05) is 0 Å². The second-order valence-corrected chi connectivity index (χ2v) is 6.93. The molecule has 0 aliphatic carbocycles. The number of aromatic nitrogens is 1. The van der Waals surface area contributed by atoms with E-state index in [1.54, 1.807) is 0 Å². The normalized spacial score (nSPS) is 10.8. The van der Waals surface area contributed by atoms with Gasteiger partial charge in [0.05, 0.1) is 12.2 Å². The highest BCUT2D eigenvalue weighted by molar-refractivity contribution is 6.31. The molecule has 0 saturated heterocycles. The van der Waals surface area contributed by atoms with Gasteiger partial charge in [-0.05, 0) is 36.8 Å². The number of pyridine rings is 1. The molecule has 6 nitrogen and oxygen atoms in total. The molecule has 0 saturated carbocycles. The molecule has 3 aromatic rings. The zero-order valence-corrected chi connectivity index (χ0v) is 17.0. The number of halogens is 4. The molecular formula is C21H17ClF3N3O3. The van der Waals surface area contributed by atoms with Crippen LogP contribution in [0.1, 0.15) is 11.3 Å². The Kier molecular flexibility index (Phi) is 6.67. The second-order valence-electron chi connectivity index (χ2n) is 6.55. The molecule has 3 N–H and O–H groups in total. The van der Waals surface area contributed by atoms with E-state index in [0.29, 0.717) is 11.6 Å². The van der Waals surface area contributed by atoms with Crippen molar-refractivity contribution >= 4 is 17.5 Å². The van der Waals surface area contributed by atoms with Crippen LogP contribution in [-0.2, 0) is 11.3 Å². The molecule has 0 atom stereocenters. The lowest BCUT2D eigenvalue weighted by atomic mass is 10.1. The lowest BCUT2D eigenvalue weighted by Crippen LogP contribution is -2.29. The van der Waals surface area contributed by atoms with Crippen LogP contribution in [0.2, 0.25) is 5.02 Å². The zero-order valence-electron chi connectivity index (χ0n) is 16.2. The van der Waals surface area contributed by atoms with E-state index in [2.05, 4.69) is 5.32 Å². The van der Waals surface area contributed by atoms with E-state index in [-0.39, 0.29) is 36.0 Å². The fourth-order valence-corrected chi connectivity index (χ4v) is 3.02. The Bertz CT molecular complexity index is 1210. The maximum atomic E-state index is 14.5. The number of aryl methyl sites for hydroxylation is 1. The van der Waals surface area contributed by atoms with Gasteiger partial charge in [0, 0.05) is 24.4 Å². The van der Waals surface area contributed by atoms with Gasteiger partial charge in [0.25, 0.3) is 5.56 Å². The number of hydrogen-bond donors (Lipinski definition) is 2. The Morgan fingerprint density at radius 2 is 1.84 bits per heavy atom. The van der Waals surface area contributed by atoms with Gasteiger partial charge in [0.15, 0.2) is 17.3 Å². The maximum absolute atomic E-state index is 14.5. The summed E-state index contributed by atoms with van der Waals surface area (Å²) in [7, 11) is 0. The maximum Gasteiger partial charge on any atom is 0.278 e. The summed E-state index contributed by atoms with van der Waals surface area (Å²) in [5.41, 5.74) is 5.11. The molecule has 1 heterocycles. The van der Waals surface area contributed by atoms with Gasteiger partial charge in [-0.2, -0.15) is 0 Å². The Morgan fingerprint density at radius 3 is 2.52 bits per heavy atom. The molecule has 1 aromatic heterocycles. The minimum absolute atomic E-state index is 0.0792. The summed E-state index contributed by atoms with van der Waals surface area (Å²) in [5, 5.41) is 2.13. The van der Waals surface area contributed by atoms with Crippen LogP contribution in [0.15, 0.2) is 47.3 Å². The molecule has 0 unspecified atom stereocenters. The zero-order chi connectivity index (χ0) is 22.7. The molecule has 0 radical (unpaired) electrons. The van der Waals surface area contributed by atoms with Crippen molar-refractivity contribution in [3.05, 3.63) is 86.6 Å². The Labute approximate surface area is 180 Å². The van der Waals surface area contributed by atoms with Crippen molar-refractivity contribution in [2.75, 3.05) is 6.54 Å². The van der Waals surface area contributed by atoms with Gasteiger partial charge in [-0.15, -0.1) is 0 Å². The average molecular weight is 452 g/mol. The first-order valence-electron chi connectivity index (χ1n) is 9.02. The number of nitrogens with one attached hydrogen (secondary N) is 1.